The van der Waals surface area contributed by atoms with Gasteiger partial charge in [-0.15, -0.1) is 0 Å². The van der Waals surface area contributed by atoms with E-state index in [0.29, 0.717) is 70.9 Å². The minimum atomic E-state index is -0.404. The number of piperidine rings is 1. The Bertz CT molecular complexity index is 3080. The lowest BCUT2D eigenvalue weighted by atomic mass is 9.90. The van der Waals surface area contributed by atoms with E-state index in [2.05, 4.69) is 86.2 Å². The highest BCUT2D eigenvalue weighted by molar-refractivity contribution is 6.06. The molecule has 2 aromatic carbocycles. The second-order valence-electron chi connectivity index (χ2n) is 22.2. The summed E-state index contributed by atoms with van der Waals surface area (Å²) < 4.78 is 3.59. The first-order valence-corrected chi connectivity index (χ1v) is 26.4. The van der Waals surface area contributed by atoms with Crippen LogP contribution in [-0.2, 0) is 44.4 Å². The number of rotatable bonds is 11. The van der Waals surface area contributed by atoms with E-state index in [1.54, 1.807) is 30.4 Å². The number of hydrogen-bond acceptors (Lipinski definition) is 11. The van der Waals surface area contributed by atoms with Crippen molar-refractivity contribution in [2.24, 2.45) is 12.5 Å². The number of piperazine rings is 1. The van der Waals surface area contributed by atoms with Gasteiger partial charge in [0, 0.05) is 129 Å². The summed E-state index contributed by atoms with van der Waals surface area (Å²) in [6.45, 7) is 17.5. The quantitative estimate of drug-likeness (QED) is 0.112. The Morgan fingerprint density at radius 2 is 1.67 bits per heavy atom. The van der Waals surface area contributed by atoms with Crippen LogP contribution in [0.4, 0.5) is 34.4 Å². The summed E-state index contributed by atoms with van der Waals surface area (Å²) in [6, 6.07) is 17.0. The van der Waals surface area contributed by atoms with Gasteiger partial charge in [-0.2, -0.15) is 0 Å². The van der Waals surface area contributed by atoms with Gasteiger partial charge in [-0.05, 0) is 112 Å². The minimum absolute atomic E-state index is 0.0501. The summed E-state index contributed by atoms with van der Waals surface area (Å²) >= 11 is 0. The number of aromatic nitrogens is 4. The van der Waals surface area contributed by atoms with Gasteiger partial charge < -0.3 is 39.6 Å². The molecular weight excluding hydrogens is 919 g/mol. The number of pyridine rings is 1. The van der Waals surface area contributed by atoms with E-state index in [1.165, 1.54) is 52.4 Å². The van der Waals surface area contributed by atoms with Crippen molar-refractivity contribution >= 4 is 52.1 Å². The lowest BCUT2D eigenvalue weighted by Crippen LogP contribution is -2.58. The Morgan fingerprint density at radius 3 is 2.44 bits per heavy atom. The summed E-state index contributed by atoms with van der Waals surface area (Å²) in [5, 5.41) is 17.2. The molecular formula is C57H69N11O5. The Hall–Kier alpha value is -6.78. The van der Waals surface area contributed by atoms with Crippen molar-refractivity contribution in [3.05, 3.63) is 118 Å². The average Bonchev–Trinajstić information content (AvgIpc) is 4.02. The molecule has 6 aliphatic rings. The molecule has 2 aliphatic carbocycles. The number of nitrogens with zero attached hydrogens (tertiary/aromatic N) is 9. The molecule has 11 rings (SSSR count). The number of carbonyl (C=O) groups excluding carboxylic acids is 3. The number of anilines is 6. The maximum Gasteiger partial charge on any atom is 0.293 e. The molecule has 0 radical (unpaired) electrons. The molecule has 5 aromatic rings. The predicted molar refractivity (Wildman–Crippen MR) is 286 cm³/mol. The zero-order valence-corrected chi connectivity index (χ0v) is 43.0. The highest BCUT2D eigenvalue weighted by atomic mass is 16.3. The number of benzene rings is 2. The van der Waals surface area contributed by atoms with Gasteiger partial charge in [0.15, 0.2) is 5.82 Å². The van der Waals surface area contributed by atoms with Crippen LogP contribution in [0.2, 0.25) is 0 Å². The molecule has 382 valence electrons. The summed E-state index contributed by atoms with van der Waals surface area (Å²) in [5.41, 5.74) is 9.56. The highest BCUT2D eigenvalue weighted by Gasteiger charge is 2.40. The zero-order chi connectivity index (χ0) is 50.9. The zero-order valence-electron chi connectivity index (χ0n) is 43.0. The lowest BCUT2D eigenvalue weighted by molar-refractivity contribution is -0.111. The van der Waals surface area contributed by atoms with Crippen LogP contribution in [0, 0.1) is 5.41 Å². The first kappa shape index (κ1) is 48.5. The SMILES string of the molecule is C=CC(=O)Nc1cc(Nc2nc(-c3ccnc(N4CCn5c(cc6c5CC(C)(C)C6)C4=O)c3CO)cn(C)c2=O)ccc1N1CCN(C2CCN(c3cccc4c3CN(C3CCCCC3)C4=O)[C@H](C)C2)C[C@@H]1C. The van der Waals surface area contributed by atoms with Crippen LogP contribution in [0.3, 0.4) is 0 Å². The third kappa shape index (κ3) is 8.89. The molecule has 4 aliphatic heterocycles. The molecule has 3 amide bonds. The van der Waals surface area contributed by atoms with Gasteiger partial charge in [0.05, 0.1) is 23.7 Å². The van der Waals surface area contributed by atoms with Crippen molar-refractivity contribution in [3.8, 4) is 11.3 Å². The third-order valence-electron chi connectivity index (χ3n) is 16.8. The molecule has 1 unspecified atom stereocenters. The average molecular weight is 988 g/mol. The van der Waals surface area contributed by atoms with Crippen LogP contribution in [0.25, 0.3) is 11.3 Å². The number of nitrogens with one attached hydrogen (secondary N) is 2. The summed E-state index contributed by atoms with van der Waals surface area (Å²) in [6.07, 6.45) is 14.3. The normalized spacial score (nSPS) is 22.1. The number of hydrogen-bond donors (Lipinski definition) is 3. The molecule has 16 heteroatoms. The first-order chi connectivity index (χ1) is 35.2. The van der Waals surface area contributed by atoms with Gasteiger partial charge >= 0.3 is 0 Å². The van der Waals surface area contributed by atoms with Crippen LogP contribution < -0.4 is 30.9 Å². The van der Waals surface area contributed by atoms with Crippen LogP contribution in [0.15, 0.2) is 78.4 Å². The molecule has 7 heterocycles. The second-order valence-corrected chi connectivity index (χ2v) is 22.2. The van der Waals surface area contributed by atoms with Crippen molar-refractivity contribution in [2.45, 2.75) is 129 Å². The first-order valence-electron chi connectivity index (χ1n) is 26.4. The van der Waals surface area contributed by atoms with Gasteiger partial charge in [0.25, 0.3) is 17.4 Å². The van der Waals surface area contributed by atoms with Crippen LogP contribution in [0.1, 0.15) is 116 Å². The number of fused-ring (bicyclic) bond motifs is 4. The largest absolute Gasteiger partial charge is 0.392 e. The number of aliphatic hydroxyl groups is 1. The number of aryl methyl sites for hydroxylation is 1. The van der Waals surface area contributed by atoms with Crippen molar-refractivity contribution in [1.82, 2.24) is 28.9 Å². The molecule has 16 nitrogen and oxygen atoms in total. The molecule has 2 saturated heterocycles. The Morgan fingerprint density at radius 1 is 0.863 bits per heavy atom. The van der Waals surface area contributed by atoms with E-state index < -0.39 is 6.61 Å². The Kier molecular flexibility index (Phi) is 12.8. The fraction of sp³-hybridized carbons (Fsp3) is 0.474. The van der Waals surface area contributed by atoms with E-state index >= 15 is 0 Å². The molecule has 3 atom stereocenters. The molecule has 3 N–H and O–H groups in total. The number of carbonyl (C=O) groups is 3. The smallest absolute Gasteiger partial charge is 0.293 e. The van der Waals surface area contributed by atoms with Gasteiger partial charge in [-0.3, -0.25) is 29.0 Å². The van der Waals surface area contributed by atoms with Crippen LogP contribution in [-0.4, -0.2) is 109 Å². The fourth-order valence-corrected chi connectivity index (χ4v) is 13.1. The predicted octanol–water partition coefficient (Wildman–Crippen LogP) is 7.65. The highest BCUT2D eigenvalue weighted by Crippen LogP contribution is 2.42. The maximum absolute atomic E-state index is 14.1. The third-order valence-corrected chi connectivity index (χ3v) is 16.8. The monoisotopic (exact) mass is 988 g/mol. The van der Waals surface area contributed by atoms with Gasteiger partial charge in [-0.25, -0.2) is 9.97 Å². The Labute approximate surface area is 427 Å². The van der Waals surface area contributed by atoms with Crippen LogP contribution in [0.5, 0.6) is 0 Å². The van der Waals surface area contributed by atoms with Crippen molar-refractivity contribution in [3.63, 3.8) is 0 Å². The van der Waals surface area contributed by atoms with E-state index in [-0.39, 0.29) is 40.6 Å². The van der Waals surface area contributed by atoms with Crippen molar-refractivity contribution in [1.29, 1.82) is 0 Å². The molecule has 73 heavy (non-hydrogen) atoms. The number of amides is 3. The van der Waals surface area contributed by atoms with E-state index in [4.69, 9.17) is 4.98 Å². The molecule has 3 aromatic heterocycles. The molecule has 0 bridgehead atoms. The fourth-order valence-electron chi connectivity index (χ4n) is 13.1. The molecule has 3 fully saturated rings. The van der Waals surface area contributed by atoms with Gasteiger partial charge in [0.1, 0.15) is 11.5 Å². The minimum Gasteiger partial charge on any atom is -0.392 e. The topological polar surface area (TPSA) is 164 Å². The van der Waals surface area contributed by atoms with Crippen LogP contribution >= 0.6 is 0 Å². The summed E-state index contributed by atoms with van der Waals surface area (Å²) in [4.78, 5) is 75.2. The van der Waals surface area contributed by atoms with Gasteiger partial charge in [-0.1, -0.05) is 45.8 Å². The van der Waals surface area contributed by atoms with Crippen molar-refractivity contribution < 1.29 is 19.5 Å². The molecule has 0 spiro atoms. The van der Waals surface area contributed by atoms with E-state index in [0.717, 1.165) is 82.5 Å². The summed E-state index contributed by atoms with van der Waals surface area (Å²) in [5.74, 6) is 0.105. The molecule has 1 saturated carbocycles. The van der Waals surface area contributed by atoms with Crippen molar-refractivity contribution in [2.75, 3.05) is 58.1 Å². The summed E-state index contributed by atoms with van der Waals surface area (Å²) in [7, 11) is 1.65. The van der Waals surface area contributed by atoms with Gasteiger partial charge in [0.2, 0.25) is 5.91 Å². The standard InChI is InChI=1S/C57H69N11O5/c1-7-51(70)60-45-28-38(59-52-56(73)62(6)33-46(61-52)41-18-20-58-53(44(41)34-69)67-25-24-66-49(55(67)72)27-37-29-57(4,5)30-50(37)66)16-17-48(45)65-23-22-63(31-36(65)3)40-19-21-64(35(2)26-40)47-15-11-14-42-43(47)32-68(54(42)71)39-12-9-8-10-13-39/h7,11,14-18,20,27-28,33,35-36,39-40,69H,1,8-10,12-13,19,21-26,29-32,34H2,2-6H3,(H,59,61)(H,60,70)/t35-,36+,40?/m1/s1. The lowest BCUT2D eigenvalue weighted by Gasteiger charge is -2.48. The Balaban J connectivity index is 0.786. The van der Waals surface area contributed by atoms with E-state index in [9.17, 15) is 24.3 Å². The number of aliphatic hydroxyl groups excluding tert-OH is 1. The maximum atomic E-state index is 14.1. The second kappa shape index (κ2) is 19.2. The van der Waals surface area contributed by atoms with E-state index in [1.807, 2.05) is 30.3 Å².